The van der Waals surface area contributed by atoms with Crippen LogP contribution in [0.25, 0.3) is 11.4 Å². The highest BCUT2D eigenvalue weighted by Gasteiger charge is 2.34. The molecule has 1 saturated heterocycles. The lowest BCUT2D eigenvalue weighted by Crippen LogP contribution is -2.28. The largest absolute Gasteiger partial charge is 0.336 e. The van der Waals surface area contributed by atoms with Gasteiger partial charge >= 0.3 is 0 Å². The van der Waals surface area contributed by atoms with E-state index in [1.54, 1.807) is 23.2 Å². The molecule has 2 N–H and O–H groups in total. The van der Waals surface area contributed by atoms with Crippen LogP contribution in [0, 0.1) is 5.92 Å². The molecule has 0 aliphatic carbocycles. The summed E-state index contributed by atoms with van der Waals surface area (Å²) in [6.07, 6.45) is 1.83. The van der Waals surface area contributed by atoms with Crippen molar-refractivity contribution >= 4 is 29.4 Å². The summed E-state index contributed by atoms with van der Waals surface area (Å²) in [5, 5.41) is 9.98. The smallest absolute Gasteiger partial charge is 0.249 e. The van der Waals surface area contributed by atoms with E-state index in [0.717, 1.165) is 5.69 Å². The lowest BCUT2D eigenvalue weighted by Gasteiger charge is -2.15. The zero-order valence-electron chi connectivity index (χ0n) is 14.8. The van der Waals surface area contributed by atoms with E-state index in [0.29, 0.717) is 29.5 Å². The molecule has 1 aliphatic rings. The first-order chi connectivity index (χ1) is 13.6. The normalized spacial score (nSPS) is 16.4. The van der Waals surface area contributed by atoms with Gasteiger partial charge in [-0.25, -0.2) is 0 Å². The van der Waals surface area contributed by atoms with Crippen LogP contribution in [0.5, 0.6) is 0 Å². The quantitative estimate of drug-likeness (QED) is 0.689. The second-order valence-electron chi connectivity index (χ2n) is 6.47. The Balaban J connectivity index is 1.39. The molecule has 0 spiro atoms. The minimum atomic E-state index is -0.460. The summed E-state index contributed by atoms with van der Waals surface area (Å²) in [7, 11) is 0. The number of pyridine rings is 1. The molecule has 1 unspecified atom stereocenters. The fourth-order valence-corrected chi connectivity index (χ4v) is 3.32. The summed E-state index contributed by atoms with van der Waals surface area (Å²) in [4.78, 5) is 34.9. The third-order valence-electron chi connectivity index (χ3n) is 4.51. The molecule has 9 heteroatoms. The Kier molecular flexibility index (Phi) is 5.03. The van der Waals surface area contributed by atoms with Crippen LogP contribution < -0.4 is 5.32 Å². The molecular weight excluding hydrogens is 380 g/mol. The fraction of sp³-hybridized carbons (Fsp3) is 0.211. The van der Waals surface area contributed by atoms with Crippen molar-refractivity contribution < 1.29 is 9.59 Å². The van der Waals surface area contributed by atoms with Gasteiger partial charge in [0.25, 0.3) is 0 Å². The molecule has 3 aromatic rings. The molecule has 1 aromatic carbocycles. The molecule has 1 atom stereocenters. The van der Waals surface area contributed by atoms with Crippen LogP contribution in [0.1, 0.15) is 12.1 Å². The van der Waals surface area contributed by atoms with Gasteiger partial charge in [-0.3, -0.25) is 25.0 Å². The number of carbonyl (C=O) groups is 2. The molecule has 4 rings (SSSR count). The van der Waals surface area contributed by atoms with Crippen molar-refractivity contribution in [1.82, 2.24) is 25.1 Å². The maximum absolute atomic E-state index is 12.5. The fourth-order valence-electron chi connectivity index (χ4n) is 3.09. The maximum atomic E-state index is 12.5. The number of hydrogen-bond donors (Lipinski definition) is 2. The predicted molar refractivity (Wildman–Crippen MR) is 103 cm³/mol. The summed E-state index contributed by atoms with van der Waals surface area (Å²) in [5.74, 6) is -0.215. The standard InChI is InChI=1S/C19H17ClN6O2/c20-15-7-2-1-6-14(15)17-22-19(25-24-17)23-18(28)12-9-16(27)26(10-12)11-13-5-3-4-8-21-13/h1-8,12H,9-11H2,(H2,22,23,24,25,28). The lowest BCUT2D eigenvalue weighted by molar-refractivity contribution is -0.128. The van der Waals surface area contributed by atoms with Crippen LogP contribution in [-0.4, -0.2) is 43.4 Å². The zero-order chi connectivity index (χ0) is 19.5. The van der Waals surface area contributed by atoms with Gasteiger partial charge in [-0.05, 0) is 24.3 Å². The summed E-state index contributed by atoms with van der Waals surface area (Å²) >= 11 is 6.15. The van der Waals surface area contributed by atoms with Gasteiger partial charge in [0.15, 0.2) is 5.82 Å². The van der Waals surface area contributed by atoms with Crippen LogP contribution in [0.15, 0.2) is 48.7 Å². The van der Waals surface area contributed by atoms with Crippen LogP contribution in [-0.2, 0) is 16.1 Å². The molecular formula is C19H17ClN6O2. The minimum Gasteiger partial charge on any atom is -0.336 e. The van der Waals surface area contributed by atoms with Crippen molar-refractivity contribution in [1.29, 1.82) is 0 Å². The number of rotatable bonds is 5. The molecule has 142 valence electrons. The highest BCUT2D eigenvalue weighted by molar-refractivity contribution is 6.33. The number of likely N-dealkylation sites (tertiary alicyclic amines) is 1. The van der Waals surface area contributed by atoms with Crippen LogP contribution in [0.3, 0.4) is 0 Å². The number of halogens is 1. The Labute approximate surface area is 166 Å². The Morgan fingerprint density at radius 1 is 1.25 bits per heavy atom. The van der Waals surface area contributed by atoms with Gasteiger partial charge < -0.3 is 4.90 Å². The average Bonchev–Trinajstić information content (AvgIpc) is 3.30. The second kappa shape index (κ2) is 7.77. The summed E-state index contributed by atoms with van der Waals surface area (Å²) in [6, 6.07) is 12.7. The predicted octanol–water partition coefficient (Wildman–Crippen LogP) is 2.51. The molecule has 0 radical (unpaired) electrons. The number of benzene rings is 1. The number of H-pyrrole nitrogens is 1. The summed E-state index contributed by atoms with van der Waals surface area (Å²) in [5.41, 5.74) is 1.48. The molecule has 2 amide bonds. The van der Waals surface area contributed by atoms with Crippen molar-refractivity contribution in [2.75, 3.05) is 11.9 Å². The lowest BCUT2D eigenvalue weighted by atomic mass is 10.1. The first-order valence-corrected chi connectivity index (χ1v) is 9.14. The highest BCUT2D eigenvalue weighted by atomic mass is 35.5. The van der Waals surface area contributed by atoms with Crippen molar-refractivity contribution in [3.8, 4) is 11.4 Å². The topological polar surface area (TPSA) is 104 Å². The molecule has 0 saturated carbocycles. The number of nitrogens with zero attached hydrogens (tertiary/aromatic N) is 4. The van der Waals surface area contributed by atoms with Crippen LogP contribution in [0.2, 0.25) is 5.02 Å². The van der Waals surface area contributed by atoms with Gasteiger partial charge in [-0.2, -0.15) is 4.98 Å². The first-order valence-electron chi connectivity index (χ1n) is 8.76. The number of nitrogens with one attached hydrogen (secondary N) is 2. The Morgan fingerprint density at radius 2 is 2.07 bits per heavy atom. The molecule has 0 bridgehead atoms. The first kappa shape index (κ1) is 18.1. The summed E-state index contributed by atoms with van der Waals surface area (Å²) in [6.45, 7) is 0.726. The number of aromatic amines is 1. The van der Waals surface area contributed by atoms with Crippen molar-refractivity contribution in [2.24, 2.45) is 5.92 Å². The van der Waals surface area contributed by atoms with E-state index in [-0.39, 0.29) is 24.2 Å². The SMILES string of the molecule is O=C(Nc1n[nH]c(-c2ccccc2Cl)n1)C1CC(=O)N(Cc2ccccn2)C1. The number of amides is 2. The van der Waals surface area contributed by atoms with Gasteiger partial charge in [-0.1, -0.05) is 29.8 Å². The van der Waals surface area contributed by atoms with Gasteiger partial charge in [-0.15, -0.1) is 5.10 Å². The average molecular weight is 397 g/mol. The number of hydrogen-bond acceptors (Lipinski definition) is 5. The molecule has 8 nitrogen and oxygen atoms in total. The maximum Gasteiger partial charge on any atom is 0.249 e. The molecule has 28 heavy (non-hydrogen) atoms. The van der Waals surface area contributed by atoms with E-state index < -0.39 is 5.92 Å². The molecule has 1 aliphatic heterocycles. The van der Waals surface area contributed by atoms with E-state index in [2.05, 4.69) is 25.5 Å². The van der Waals surface area contributed by atoms with E-state index in [1.165, 1.54) is 0 Å². The summed E-state index contributed by atoms with van der Waals surface area (Å²) < 4.78 is 0. The third-order valence-corrected chi connectivity index (χ3v) is 4.84. The van der Waals surface area contributed by atoms with Gasteiger partial charge in [0, 0.05) is 24.7 Å². The molecule has 1 fully saturated rings. The second-order valence-corrected chi connectivity index (χ2v) is 6.88. The van der Waals surface area contributed by atoms with Gasteiger partial charge in [0.05, 0.1) is 23.2 Å². The zero-order valence-corrected chi connectivity index (χ0v) is 15.6. The third kappa shape index (κ3) is 3.86. The van der Waals surface area contributed by atoms with Gasteiger partial charge in [0.2, 0.25) is 17.8 Å². The Morgan fingerprint density at radius 3 is 2.86 bits per heavy atom. The van der Waals surface area contributed by atoms with E-state index in [1.807, 2.05) is 30.3 Å². The van der Waals surface area contributed by atoms with Crippen LogP contribution in [0.4, 0.5) is 5.95 Å². The van der Waals surface area contributed by atoms with E-state index >= 15 is 0 Å². The molecule has 2 aromatic heterocycles. The number of anilines is 1. The minimum absolute atomic E-state index is 0.0717. The Hall–Kier alpha value is -3.26. The number of aromatic nitrogens is 4. The van der Waals surface area contributed by atoms with Crippen molar-refractivity contribution in [3.63, 3.8) is 0 Å². The van der Waals surface area contributed by atoms with Crippen molar-refractivity contribution in [2.45, 2.75) is 13.0 Å². The highest BCUT2D eigenvalue weighted by Crippen LogP contribution is 2.25. The van der Waals surface area contributed by atoms with E-state index in [4.69, 9.17) is 11.6 Å². The van der Waals surface area contributed by atoms with E-state index in [9.17, 15) is 9.59 Å². The van der Waals surface area contributed by atoms with Crippen molar-refractivity contribution in [3.05, 3.63) is 59.4 Å². The monoisotopic (exact) mass is 396 g/mol. The van der Waals surface area contributed by atoms with Crippen LogP contribution >= 0.6 is 11.6 Å². The van der Waals surface area contributed by atoms with Gasteiger partial charge in [0.1, 0.15) is 0 Å². The number of carbonyl (C=O) groups excluding carboxylic acids is 2. The Bertz CT molecular complexity index is 1010. The molecule has 3 heterocycles.